The fourth-order valence-corrected chi connectivity index (χ4v) is 5.87. The summed E-state index contributed by atoms with van der Waals surface area (Å²) in [7, 11) is 0. The van der Waals surface area contributed by atoms with Crippen LogP contribution in [-0.4, -0.2) is 12.6 Å². The fraction of sp³-hybridized carbons (Fsp3) is 0.452. The van der Waals surface area contributed by atoms with Crippen LogP contribution in [0.15, 0.2) is 73.3 Å². The number of hydrogen-bond donors (Lipinski definition) is 0. The minimum atomic E-state index is -0.328. The van der Waals surface area contributed by atoms with Crippen molar-refractivity contribution in [3.8, 4) is 11.5 Å². The van der Waals surface area contributed by atoms with Crippen molar-refractivity contribution in [2.24, 2.45) is 17.8 Å². The number of hydrogen-bond acceptors (Lipinski definition) is 3. The average Bonchev–Trinajstić information content (AvgIpc) is 2.88. The molecule has 0 amide bonds. The molecule has 0 saturated heterocycles. The minimum Gasteiger partial charge on any atom is -0.490 e. The largest absolute Gasteiger partial charge is 0.490 e. The summed E-state index contributed by atoms with van der Waals surface area (Å²) in [5.41, 5.74) is 1.96. The number of esters is 1. The van der Waals surface area contributed by atoms with Crippen molar-refractivity contribution in [3.05, 3.63) is 84.5 Å². The average molecular weight is 459 g/mol. The van der Waals surface area contributed by atoms with Crippen molar-refractivity contribution in [2.45, 2.75) is 64.2 Å². The number of ether oxygens (including phenoxy) is 2. The van der Waals surface area contributed by atoms with Gasteiger partial charge >= 0.3 is 5.97 Å². The molecule has 0 bridgehead atoms. The highest BCUT2D eigenvalue weighted by molar-refractivity contribution is 5.91. The number of allylic oxidation sites excluding steroid dienone is 2. The van der Waals surface area contributed by atoms with Gasteiger partial charge in [-0.3, -0.25) is 0 Å². The summed E-state index contributed by atoms with van der Waals surface area (Å²) in [5.74, 6) is 4.25. The molecule has 4 atom stereocenters. The number of rotatable bonds is 9. The molecule has 2 aliphatic rings. The van der Waals surface area contributed by atoms with Crippen molar-refractivity contribution in [2.75, 3.05) is 6.61 Å². The molecule has 0 aromatic heterocycles. The molecule has 4 rings (SSSR count). The maximum Gasteiger partial charge on any atom is 0.343 e. The normalized spacial score (nSPS) is 24.4. The van der Waals surface area contributed by atoms with E-state index in [9.17, 15) is 4.79 Å². The molecule has 4 unspecified atom stereocenters. The van der Waals surface area contributed by atoms with Crippen LogP contribution in [0.5, 0.6) is 11.5 Å². The zero-order chi connectivity index (χ0) is 23.8. The molecule has 0 spiro atoms. The lowest BCUT2D eigenvalue weighted by atomic mass is 9.63. The second-order valence-corrected chi connectivity index (χ2v) is 9.94. The predicted octanol–water partition coefficient (Wildman–Crippen LogP) is 8.13. The van der Waals surface area contributed by atoms with Gasteiger partial charge in [0.15, 0.2) is 0 Å². The topological polar surface area (TPSA) is 35.5 Å². The molecule has 2 aromatic rings. The predicted molar refractivity (Wildman–Crippen MR) is 138 cm³/mol. The van der Waals surface area contributed by atoms with E-state index in [-0.39, 0.29) is 5.97 Å². The van der Waals surface area contributed by atoms with E-state index in [1.54, 1.807) is 30.3 Å². The van der Waals surface area contributed by atoms with Gasteiger partial charge in [0.25, 0.3) is 0 Å². The standard InChI is InChI=1S/C31H38O3/c1-3-5-6-7-23-8-9-28-22-27(15-14-26(28)21-23)24-10-12-25(13-11-24)31(32)34-30-18-16-29(17-19-30)33-20-4-2/h3-5,10-13,16-19,23,26-28H,2,6-9,14-15,20-22H2,1H3/b5-3+. The van der Waals surface area contributed by atoms with Crippen LogP contribution >= 0.6 is 0 Å². The summed E-state index contributed by atoms with van der Waals surface area (Å²) in [6, 6.07) is 15.2. The van der Waals surface area contributed by atoms with Crippen molar-refractivity contribution in [1.29, 1.82) is 0 Å². The van der Waals surface area contributed by atoms with Crippen LogP contribution in [0.3, 0.4) is 0 Å². The summed E-state index contributed by atoms with van der Waals surface area (Å²) in [4.78, 5) is 12.6. The van der Waals surface area contributed by atoms with Crippen LogP contribution in [0.2, 0.25) is 0 Å². The Balaban J connectivity index is 1.28. The molecular formula is C31H38O3. The Morgan fingerprint density at radius 1 is 0.941 bits per heavy atom. The zero-order valence-electron chi connectivity index (χ0n) is 20.5. The van der Waals surface area contributed by atoms with Gasteiger partial charge in [-0.25, -0.2) is 4.79 Å². The van der Waals surface area contributed by atoms with Gasteiger partial charge in [-0.1, -0.05) is 43.4 Å². The highest BCUT2D eigenvalue weighted by atomic mass is 16.5. The molecule has 2 saturated carbocycles. The Morgan fingerprint density at radius 2 is 1.65 bits per heavy atom. The summed E-state index contributed by atoms with van der Waals surface area (Å²) < 4.78 is 11.0. The number of fused-ring (bicyclic) bond motifs is 1. The molecule has 3 nitrogen and oxygen atoms in total. The van der Waals surface area contributed by atoms with Crippen LogP contribution < -0.4 is 9.47 Å². The molecule has 2 aromatic carbocycles. The van der Waals surface area contributed by atoms with E-state index >= 15 is 0 Å². The van der Waals surface area contributed by atoms with Crippen molar-refractivity contribution in [3.63, 3.8) is 0 Å². The van der Waals surface area contributed by atoms with Crippen LogP contribution in [0.4, 0.5) is 0 Å². The maximum absolute atomic E-state index is 12.6. The van der Waals surface area contributed by atoms with Crippen LogP contribution in [0.1, 0.15) is 80.1 Å². The van der Waals surface area contributed by atoms with Crippen LogP contribution in [0.25, 0.3) is 0 Å². The highest BCUT2D eigenvalue weighted by Gasteiger charge is 2.35. The first-order chi connectivity index (χ1) is 16.7. The molecule has 180 valence electrons. The smallest absolute Gasteiger partial charge is 0.343 e. The third-order valence-electron chi connectivity index (χ3n) is 7.72. The first-order valence-corrected chi connectivity index (χ1v) is 12.9. The molecule has 0 aliphatic heterocycles. The number of carbonyl (C=O) groups excluding carboxylic acids is 1. The Bertz CT molecular complexity index is 957. The van der Waals surface area contributed by atoms with E-state index in [1.165, 1.54) is 56.9 Å². The molecule has 0 N–H and O–H groups in total. The van der Waals surface area contributed by atoms with Gasteiger partial charge in [0.2, 0.25) is 0 Å². The quantitative estimate of drug-likeness (QED) is 0.216. The third kappa shape index (κ3) is 6.40. The first kappa shape index (κ1) is 24.3. The highest BCUT2D eigenvalue weighted by Crippen LogP contribution is 2.48. The Hall–Kier alpha value is -2.81. The molecule has 0 radical (unpaired) electrons. The number of carbonyl (C=O) groups is 1. The summed E-state index contributed by atoms with van der Waals surface area (Å²) in [6.07, 6.45) is 16.9. The molecule has 2 fully saturated rings. The van der Waals surface area contributed by atoms with Crippen LogP contribution in [-0.2, 0) is 0 Å². The van der Waals surface area contributed by atoms with Crippen molar-refractivity contribution < 1.29 is 14.3 Å². The zero-order valence-corrected chi connectivity index (χ0v) is 20.5. The lowest BCUT2D eigenvalue weighted by molar-refractivity contribution is 0.0734. The van der Waals surface area contributed by atoms with Crippen molar-refractivity contribution >= 4 is 5.97 Å². The fourth-order valence-electron chi connectivity index (χ4n) is 5.87. The molecule has 0 heterocycles. The summed E-state index contributed by atoms with van der Waals surface area (Å²) in [6.45, 7) is 6.21. The SMILES string of the molecule is C=CCOc1ccc(OC(=O)c2ccc(C3CCC4CC(CC/C=C/C)CCC4C3)cc2)cc1. The summed E-state index contributed by atoms with van der Waals surface area (Å²) >= 11 is 0. The number of benzene rings is 2. The molecule has 2 aliphatic carbocycles. The second kappa shape index (κ2) is 12.1. The lowest BCUT2D eigenvalue weighted by Gasteiger charge is -2.42. The van der Waals surface area contributed by atoms with E-state index in [2.05, 4.69) is 37.8 Å². The Labute approximate surface area is 204 Å². The van der Waals surface area contributed by atoms with Gasteiger partial charge in [-0.15, -0.1) is 0 Å². The third-order valence-corrected chi connectivity index (χ3v) is 7.72. The van der Waals surface area contributed by atoms with Gasteiger partial charge in [-0.05, 0) is 118 Å². The minimum absolute atomic E-state index is 0.328. The lowest BCUT2D eigenvalue weighted by Crippen LogP contribution is -2.30. The van der Waals surface area contributed by atoms with E-state index in [0.717, 1.165) is 23.5 Å². The Morgan fingerprint density at radius 3 is 2.38 bits per heavy atom. The van der Waals surface area contributed by atoms with E-state index in [4.69, 9.17) is 9.47 Å². The monoisotopic (exact) mass is 458 g/mol. The molecular weight excluding hydrogens is 420 g/mol. The van der Waals surface area contributed by atoms with Gasteiger partial charge < -0.3 is 9.47 Å². The van der Waals surface area contributed by atoms with E-state index in [1.807, 2.05) is 12.1 Å². The van der Waals surface area contributed by atoms with Gasteiger partial charge in [0, 0.05) is 0 Å². The summed E-state index contributed by atoms with van der Waals surface area (Å²) in [5, 5.41) is 0. The Kier molecular flexibility index (Phi) is 8.62. The van der Waals surface area contributed by atoms with Crippen molar-refractivity contribution in [1.82, 2.24) is 0 Å². The molecule has 34 heavy (non-hydrogen) atoms. The van der Waals surface area contributed by atoms with Gasteiger partial charge in [0.05, 0.1) is 5.56 Å². The van der Waals surface area contributed by atoms with E-state index in [0.29, 0.717) is 23.8 Å². The van der Waals surface area contributed by atoms with E-state index < -0.39 is 0 Å². The van der Waals surface area contributed by atoms with Crippen LogP contribution in [0, 0.1) is 17.8 Å². The van der Waals surface area contributed by atoms with Gasteiger partial charge in [-0.2, -0.15) is 0 Å². The van der Waals surface area contributed by atoms with Gasteiger partial charge in [0.1, 0.15) is 18.1 Å². The second-order valence-electron chi connectivity index (χ2n) is 9.94. The molecule has 3 heteroatoms. The maximum atomic E-state index is 12.6. The first-order valence-electron chi connectivity index (χ1n) is 12.9.